The Kier molecular flexibility index (Phi) is 6.80. The number of hydrogen-bond donors (Lipinski definition) is 2. The zero-order chi connectivity index (χ0) is 22.5. The van der Waals surface area contributed by atoms with Gasteiger partial charge in [-0.25, -0.2) is 0 Å². The van der Waals surface area contributed by atoms with Gasteiger partial charge in [0, 0.05) is 0 Å². The second kappa shape index (κ2) is 9.91. The van der Waals surface area contributed by atoms with E-state index in [2.05, 4.69) is 10.6 Å². The van der Waals surface area contributed by atoms with Crippen LogP contribution in [0.25, 0.3) is 0 Å². The molecule has 1 unspecified atom stereocenters. The highest BCUT2D eigenvalue weighted by Crippen LogP contribution is 2.34. The van der Waals surface area contributed by atoms with E-state index >= 15 is 0 Å². The lowest BCUT2D eigenvalue weighted by molar-refractivity contribution is 0.0942. The SMILES string of the molecule is COc1cc(C(C)NC(=O)c2ccc(NC(=O)c3ccco3)s2)ccc1OC1CCCC1. The second-order valence-electron chi connectivity index (χ2n) is 7.73. The summed E-state index contributed by atoms with van der Waals surface area (Å²) in [6.45, 7) is 1.91. The molecule has 4 rings (SSSR count). The van der Waals surface area contributed by atoms with E-state index < -0.39 is 0 Å². The first kappa shape index (κ1) is 22.0. The Morgan fingerprint density at radius 1 is 1.09 bits per heavy atom. The molecule has 1 aliphatic rings. The minimum absolute atomic E-state index is 0.215. The number of hydrogen-bond acceptors (Lipinski definition) is 6. The Hall–Kier alpha value is -3.26. The maximum absolute atomic E-state index is 12.7. The zero-order valence-corrected chi connectivity index (χ0v) is 18.9. The van der Waals surface area contributed by atoms with Crippen LogP contribution in [0.15, 0.2) is 53.1 Å². The predicted molar refractivity (Wildman–Crippen MR) is 123 cm³/mol. The largest absolute Gasteiger partial charge is 0.493 e. The number of carbonyl (C=O) groups is 2. The molecule has 0 bridgehead atoms. The van der Waals surface area contributed by atoms with E-state index in [9.17, 15) is 9.59 Å². The summed E-state index contributed by atoms with van der Waals surface area (Å²) in [5.41, 5.74) is 0.914. The van der Waals surface area contributed by atoms with Crippen molar-refractivity contribution in [3.8, 4) is 11.5 Å². The Morgan fingerprint density at radius 3 is 2.62 bits per heavy atom. The number of nitrogens with one attached hydrogen (secondary N) is 2. The normalized spacial score (nSPS) is 14.7. The summed E-state index contributed by atoms with van der Waals surface area (Å²) in [6, 6.07) is 12.1. The summed E-state index contributed by atoms with van der Waals surface area (Å²) < 4.78 is 16.7. The molecule has 1 fully saturated rings. The van der Waals surface area contributed by atoms with Crippen molar-refractivity contribution in [2.24, 2.45) is 0 Å². The Bertz CT molecular complexity index is 1070. The van der Waals surface area contributed by atoms with Gasteiger partial charge in [-0.3, -0.25) is 9.59 Å². The summed E-state index contributed by atoms with van der Waals surface area (Å²) in [6.07, 6.45) is 6.22. The number of thiophene rings is 1. The first-order valence-corrected chi connectivity index (χ1v) is 11.5. The van der Waals surface area contributed by atoms with Crippen LogP contribution in [-0.2, 0) is 0 Å². The zero-order valence-electron chi connectivity index (χ0n) is 18.1. The minimum atomic E-state index is -0.357. The lowest BCUT2D eigenvalue weighted by Gasteiger charge is -2.19. The van der Waals surface area contributed by atoms with Gasteiger partial charge in [0.15, 0.2) is 17.3 Å². The molecule has 2 heterocycles. The smallest absolute Gasteiger partial charge is 0.291 e. The molecule has 1 atom stereocenters. The molecule has 7 nitrogen and oxygen atoms in total. The van der Waals surface area contributed by atoms with Crippen LogP contribution in [0.5, 0.6) is 11.5 Å². The van der Waals surface area contributed by atoms with Crippen molar-refractivity contribution in [3.63, 3.8) is 0 Å². The highest BCUT2D eigenvalue weighted by molar-refractivity contribution is 7.18. The number of benzene rings is 1. The van der Waals surface area contributed by atoms with E-state index in [0.29, 0.717) is 15.6 Å². The molecule has 0 aliphatic heterocycles. The molecule has 0 spiro atoms. The quantitative estimate of drug-likeness (QED) is 0.475. The third-order valence-corrected chi connectivity index (χ3v) is 6.44. The minimum Gasteiger partial charge on any atom is -0.493 e. The molecule has 168 valence electrons. The maximum atomic E-state index is 12.7. The van der Waals surface area contributed by atoms with Crippen LogP contribution in [0.4, 0.5) is 5.00 Å². The fourth-order valence-electron chi connectivity index (χ4n) is 3.70. The Balaban J connectivity index is 1.38. The number of rotatable bonds is 8. The van der Waals surface area contributed by atoms with Crippen molar-refractivity contribution < 1.29 is 23.5 Å². The van der Waals surface area contributed by atoms with Gasteiger partial charge in [0.05, 0.1) is 35.4 Å². The topological polar surface area (TPSA) is 89.8 Å². The fourth-order valence-corrected chi connectivity index (χ4v) is 4.50. The lowest BCUT2D eigenvalue weighted by Crippen LogP contribution is -2.25. The Labute approximate surface area is 190 Å². The van der Waals surface area contributed by atoms with Crippen LogP contribution >= 0.6 is 11.3 Å². The van der Waals surface area contributed by atoms with Gasteiger partial charge in [0.2, 0.25) is 0 Å². The molecule has 0 radical (unpaired) electrons. The molecular weight excluding hydrogens is 428 g/mol. The summed E-state index contributed by atoms with van der Waals surface area (Å²) >= 11 is 1.20. The van der Waals surface area contributed by atoms with Crippen LogP contribution in [0.3, 0.4) is 0 Å². The van der Waals surface area contributed by atoms with Gasteiger partial charge >= 0.3 is 0 Å². The summed E-state index contributed by atoms with van der Waals surface area (Å²) in [7, 11) is 1.62. The van der Waals surface area contributed by atoms with Crippen molar-refractivity contribution in [1.29, 1.82) is 0 Å². The molecule has 1 saturated carbocycles. The number of methoxy groups -OCH3 is 1. The highest BCUT2D eigenvalue weighted by atomic mass is 32.1. The maximum Gasteiger partial charge on any atom is 0.291 e. The number of anilines is 1. The third kappa shape index (κ3) is 5.13. The van der Waals surface area contributed by atoms with E-state index in [1.165, 1.54) is 30.4 Å². The van der Waals surface area contributed by atoms with Crippen molar-refractivity contribution in [3.05, 3.63) is 64.9 Å². The number of carbonyl (C=O) groups excluding carboxylic acids is 2. The second-order valence-corrected chi connectivity index (χ2v) is 8.81. The van der Waals surface area contributed by atoms with Crippen molar-refractivity contribution in [2.45, 2.75) is 44.8 Å². The fraction of sp³-hybridized carbons (Fsp3) is 0.333. The molecule has 3 aromatic rings. The van der Waals surface area contributed by atoms with Crippen LogP contribution in [0.1, 0.15) is 64.4 Å². The van der Waals surface area contributed by atoms with Gasteiger partial charge in [-0.05, 0) is 74.6 Å². The predicted octanol–water partition coefficient (Wildman–Crippen LogP) is 5.41. The van der Waals surface area contributed by atoms with Crippen LogP contribution in [0, 0.1) is 0 Å². The van der Waals surface area contributed by atoms with Crippen LogP contribution < -0.4 is 20.1 Å². The number of ether oxygens (including phenoxy) is 2. The molecule has 2 aromatic heterocycles. The van der Waals surface area contributed by atoms with E-state index in [0.717, 1.165) is 24.2 Å². The van der Waals surface area contributed by atoms with Gasteiger partial charge in [-0.1, -0.05) is 6.07 Å². The molecule has 8 heteroatoms. The van der Waals surface area contributed by atoms with Crippen LogP contribution in [0.2, 0.25) is 0 Å². The summed E-state index contributed by atoms with van der Waals surface area (Å²) in [4.78, 5) is 25.3. The van der Waals surface area contributed by atoms with E-state index in [1.807, 2.05) is 25.1 Å². The van der Waals surface area contributed by atoms with E-state index in [1.54, 1.807) is 31.4 Å². The van der Waals surface area contributed by atoms with Gasteiger partial charge < -0.3 is 24.5 Å². The number of furan rings is 1. The number of amides is 2. The molecule has 1 aromatic carbocycles. The molecular formula is C24H26N2O5S. The van der Waals surface area contributed by atoms with Crippen molar-refractivity contribution in [1.82, 2.24) is 5.32 Å². The van der Waals surface area contributed by atoms with Gasteiger partial charge in [0.1, 0.15) is 0 Å². The first-order chi connectivity index (χ1) is 15.5. The summed E-state index contributed by atoms with van der Waals surface area (Å²) in [5.74, 6) is 1.04. The Morgan fingerprint density at radius 2 is 1.91 bits per heavy atom. The van der Waals surface area contributed by atoms with Gasteiger partial charge in [-0.15, -0.1) is 11.3 Å². The van der Waals surface area contributed by atoms with Crippen molar-refractivity contribution in [2.75, 3.05) is 12.4 Å². The van der Waals surface area contributed by atoms with Crippen LogP contribution in [-0.4, -0.2) is 25.0 Å². The summed E-state index contributed by atoms with van der Waals surface area (Å²) in [5, 5.41) is 6.29. The highest BCUT2D eigenvalue weighted by Gasteiger charge is 2.20. The van der Waals surface area contributed by atoms with Crippen molar-refractivity contribution >= 4 is 28.2 Å². The lowest BCUT2D eigenvalue weighted by atomic mass is 10.1. The molecule has 2 N–H and O–H groups in total. The molecule has 1 aliphatic carbocycles. The van der Waals surface area contributed by atoms with Gasteiger partial charge in [0.25, 0.3) is 11.8 Å². The first-order valence-electron chi connectivity index (χ1n) is 10.6. The third-order valence-electron chi connectivity index (χ3n) is 5.44. The molecule has 0 saturated heterocycles. The monoisotopic (exact) mass is 454 g/mol. The standard InChI is InChI=1S/C24H26N2O5S/c1-15(16-9-10-18(20(14-16)29-2)31-17-6-3-4-7-17)25-24(28)21-11-12-22(32-21)26-23(27)19-8-5-13-30-19/h5,8-15,17H,3-4,6-7H2,1-2H3,(H,25,28)(H,26,27). The molecule has 32 heavy (non-hydrogen) atoms. The van der Waals surface area contributed by atoms with Gasteiger partial charge in [-0.2, -0.15) is 0 Å². The van der Waals surface area contributed by atoms with E-state index in [-0.39, 0.29) is 29.7 Å². The molecule has 2 amide bonds. The average molecular weight is 455 g/mol. The average Bonchev–Trinajstić information content (AvgIpc) is 3.56. The van der Waals surface area contributed by atoms with E-state index in [4.69, 9.17) is 13.9 Å².